The number of urea groups is 1. The van der Waals surface area contributed by atoms with E-state index in [4.69, 9.17) is 0 Å². The van der Waals surface area contributed by atoms with E-state index in [9.17, 15) is 13.2 Å². The highest BCUT2D eigenvalue weighted by Crippen LogP contribution is 2.31. The zero-order valence-corrected chi connectivity index (χ0v) is 16.7. The Labute approximate surface area is 160 Å². The number of fused-ring (bicyclic) bond motifs is 1. The molecule has 0 aliphatic carbocycles. The molecule has 2 amide bonds. The fourth-order valence-electron chi connectivity index (χ4n) is 3.23. The van der Waals surface area contributed by atoms with Crippen LogP contribution in [0.15, 0.2) is 42.5 Å². The standard InChI is InChI=1S/C20H25N3O3S/c1-4-11-23-19-10-9-18(12-17(19)13-22(3)20(23)24)21-27(25,26)14-16-7-5-15(2)6-8-16/h5-10,12,21H,4,11,13-14H2,1-3H3. The molecule has 27 heavy (non-hydrogen) atoms. The topological polar surface area (TPSA) is 69.7 Å². The maximum absolute atomic E-state index is 12.5. The van der Waals surface area contributed by atoms with E-state index in [0.29, 0.717) is 18.8 Å². The molecule has 0 saturated heterocycles. The van der Waals surface area contributed by atoms with E-state index in [2.05, 4.69) is 4.72 Å². The zero-order valence-electron chi connectivity index (χ0n) is 15.9. The minimum atomic E-state index is -3.52. The number of carbonyl (C=O) groups excluding carboxylic acids is 1. The molecular weight excluding hydrogens is 362 g/mol. The van der Waals surface area contributed by atoms with Crippen molar-refractivity contribution in [3.8, 4) is 0 Å². The molecule has 2 aromatic rings. The van der Waals surface area contributed by atoms with Crippen LogP contribution >= 0.6 is 0 Å². The molecule has 0 bridgehead atoms. The quantitative estimate of drug-likeness (QED) is 0.821. The van der Waals surface area contributed by atoms with Crippen LogP contribution in [-0.2, 0) is 22.3 Å². The van der Waals surface area contributed by atoms with Crippen molar-refractivity contribution < 1.29 is 13.2 Å². The van der Waals surface area contributed by atoms with Crippen molar-refractivity contribution in [3.05, 3.63) is 59.2 Å². The number of carbonyl (C=O) groups is 1. The number of nitrogens with one attached hydrogen (secondary N) is 1. The first-order valence-corrected chi connectivity index (χ1v) is 10.7. The number of hydrogen-bond donors (Lipinski definition) is 1. The van der Waals surface area contributed by atoms with Crippen molar-refractivity contribution in [2.75, 3.05) is 23.2 Å². The average Bonchev–Trinajstić information content (AvgIpc) is 2.60. The molecule has 1 heterocycles. The lowest BCUT2D eigenvalue weighted by molar-refractivity contribution is 0.210. The molecule has 1 aliphatic rings. The molecule has 144 valence electrons. The molecule has 6 nitrogen and oxygen atoms in total. The van der Waals surface area contributed by atoms with Gasteiger partial charge >= 0.3 is 6.03 Å². The minimum absolute atomic E-state index is 0.0305. The van der Waals surface area contributed by atoms with Gasteiger partial charge < -0.3 is 4.90 Å². The van der Waals surface area contributed by atoms with E-state index in [1.165, 1.54) is 0 Å². The van der Waals surface area contributed by atoms with Crippen LogP contribution in [0.25, 0.3) is 0 Å². The average molecular weight is 388 g/mol. The second-order valence-corrected chi connectivity index (χ2v) is 8.70. The summed E-state index contributed by atoms with van der Waals surface area (Å²) in [7, 11) is -1.77. The van der Waals surface area contributed by atoms with Crippen molar-refractivity contribution in [1.29, 1.82) is 0 Å². The molecule has 1 aliphatic heterocycles. The molecule has 1 N–H and O–H groups in total. The molecule has 0 radical (unpaired) electrons. The van der Waals surface area contributed by atoms with Crippen molar-refractivity contribution in [1.82, 2.24) is 4.90 Å². The molecule has 0 fully saturated rings. The highest BCUT2D eigenvalue weighted by atomic mass is 32.2. The van der Waals surface area contributed by atoms with Crippen LogP contribution in [0.3, 0.4) is 0 Å². The van der Waals surface area contributed by atoms with Gasteiger partial charge in [0.25, 0.3) is 0 Å². The van der Waals surface area contributed by atoms with E-state index in [0.717, 1.165) is 28.8 Å². The lowest BCUT2D eigenvalue weighted by Gasteiger charge is -2.35. The lowest BCUT2D eigenvalue weighted by atomic mass is 10.1. The summed E-state index contributed by atoms with van der Waals surface area (Å²) in [6.07, 6.45) is 0.851. The summed E-state index contributed by atoms with van der Waals surface area (Å²) in [5.74, 6) is -0.0787. The molecule has 0 atom stereocenters. The third-order valence-electron chi connectivity index (χ3n) is 4.53. The van der Waals surface area contributed by atoms with Gasteiger partial charge in [-0.15, -0.1) is 0 Å². The Kier molecular flexibility index (Phi) is 5.41. The van der Waals surface area contributed by atoms with Gasteiger partial charge in [0, 0.05) is 25.8 Å². The van der Waals surface area contributed by atoms with Crippen molar-refractivity contribution >= 4 is 27.4 Å². The Morgan fingerprint density at radius 3 is 2.48 bits per heavy atom. The Hall–Kier alpha value is -2.54. The molecule has 0 spiro atoms. The summed E-state index contributed by atoms with van der Waals surface area (Å²) in [5.41, 5.74) is 4.13. The second kappa shape index (κ2) is 7.60. The third-order valence-corrected chi connectivity index (χ3v) is 5.79. The van der Waals surface area contributed by atoms with Gasteiger partial charge in [0.2, 0.25) is 10.0 Å². The largest absolute Gasteiger partial charge is 0.324 e. The number of amides is 2. The van der Waals surface area contributed by atoms with Crippen LogP contribution in [0.1, 0.15) is 30.0 Å². The smallest absolute Gasteiger partial charge is 0.323 e. The summed E-state index contributed by atoms with van der Waals surface area (Å²) in [4.78, 5) is 15.7. The Balaban J connectivity index is 1.81. The molecule has 0 unspecified atom stereocenters. The fraction of sp³-hybridized carbons (Fsp3) is 0.350. The maximum atomic E-state index is 12.5. The van der Waals surface area contributed by atoms with Gasteiger partial charge in [0.05, 0.1) is 11.4 Å². The second-order valence-electron chi connectivity index (χ2n) is 6.98. The normalized spacial score (nSPS) is 14.3. The number of hydrogen-bond acceptors (Lipinski definition) is 3. The first-order chi connectivity index (χ1) is 12.8. The molecule has 7 heteroatoms. The lowest BCUT2D eigenvalue weighted by Crippen LogP contribution is -2.45. The highest BCUT2D eigenvalue weighted by Gasteiger charge is 2.27. The summed E-state index contributed by atoms with van der Waals surface area (Å²) in [6.45, 7) is 5.08. The Morgan fingerprint density at radius 1 is 1.11 bits per heavy atom. The van der Waals surface area contributed by atoms with Crippen molar-refractivity contribution in [3.63, 3.8) is 0 Å². The van der Waals surface area contributed by atoms with Crippen LogP contribution in [0.2, 0.25) is 0 Å². The van der Waals surface area contributed by atoms with Gasteiger partial charge in [-0.3, -0.25) is 9.62 Å². The van der Waals surface area contributed by atoms with Crippen LogP contribution in [0, 0.1) is 6.92 Å². The molecular formula is C20H25N3O3S. The third kappa shape index (κ3) is 4.42. The number of benzene rings is 2. The van der Waals surface area contributed by atoms with E-state index in [1.807, 2.05) is 50.2 Å². The molecule has 0 aromatic heterocycles. The van der Waals surface area contributed by atoms with Crippen LogP contribution in [-0.4, -0.2) is 32.9 Å². The summed E-state index contributed by atoms with van der Waals surface area (Å²) in [5, 5.41) is 0. The molecule has 3 rings (SSSR count). The number of nitrogens with zero attached hydrogens (tertiary/aromatic N) is 2. The van der Waals surface area contributed by atoms with Crippen molar-refractivity contribution in [2.24, 2.45) is 0 Å². The predicted octanol–water partition coefficient (Wildman–Crippen LogP) is 3.72. The number of sulfonamides is 1. The van der Waals surface area contributed by atoms with Gasteiger partial charge in [-0.05, 0) is 42.7 Å². The summed E-state index contributed by atoms with van der Waals surface area (Å²) < 4.78 is 27.7. The van der Waals surface area contributed by atoms with Crippen LogP contribution in [0.4, 0.5) is 16.2 Å². The number of anilines is 2. The SMILES string of the molecule is CCCN1C(=O)N(C)Cc2cc(NS(=O)(=O)Cc3ccc(C)cc3)ccc21. The van der Waals surface area contributed by atoms with E-state index in [-0.39, 0.29) is 11.8 Å². The van der Waals surface area contributed by atoms with Gasteiger partial charge in [-0.25, -0.2) is 13.2 Å². The van der Waals surface area contributed by atoms with E-state index in [1.54, 1.807) is 22.9 Å². The maximum Gasteiger partial charge on any atom is 0.324 e. The first-order valence-electron chi connectivity index (χ1n) is 9.00. The summed E-state index contributed by atoms with van der Waals surface area (Å²) >= 11 is 0. The number of rotatable bonds is 6. The summed E-state index contributed by atoms with van der Waals surface area (Å²) in [6, 6.07) is 12.8. The van der Waals surface area contributed by atoms with Crippen LogP contribution < -0.4 is 9.62 Å². The van der Waals surface area contributed by atoms with Gasteiger partial charge in [-0.2, -0.15) is 0 Å². The van der Waals surface area contributed by atoms with E-state index >= 15 is 0 Å². The predicted molar refractivity (Wildman–Crippen MR) is 108 cm³/mol. The molecule has 0 saturated carbocycles. The Bertz CT molecular complexity index is 939. The highest BCUT2D eigenvalue weighted by molar-refractivity contribution is 7.91. The zero-order chi connectivity index (χ0) is 19.6. The minimum Gasteiger partial charge on any atom is -0.323 e. The first kappa shape index (κ1) is 19.2. The van der Waals surface area contributed by atoms with Gasteiger partial charge in [0.1, 0.15) is 0 Å². The monoisotopic (exact) mass is 387 g/mol. The van der Waals surface area contributed by atoms with Gasteiger partial charge in [0.15, 0.2) is 0 Å². The number of aryl methyl sites for hydroxylation is 1. The van der Waals surface area contributed by atoms with Crippen molar-refractivity contribution in [2.45, 2.75) is 32.6 Å². The molecule has 2 aromatic carbocycles. The van der Waals surface area contributed by atoms with Crippen LogP contribution in [0.5, 0.6) is 0 Å². The Morgan fingerprint density at radius 2 is 1.81 bits per heavy atom. The fourth-order valence-corrected chi connectivity index (χ4v) is 4.42. The van der Waals surface area contributed by atoms with Gasteiger partial charge in [-0.1, -0.05) is 36.8 Å². The van der Waals surface area contributed by atoms with E-state index < -0.39 is 10.0 Å².